The van der Waals surface area contributed by atoms with E-state index in [-0.39, 0.29) is 0 Å². The molecule has 13 heavy (non-hydrogen) atoms. The van der Waals surface area contributed by atoms with Crippen molar-refractivity contribution < 1.29 is 4.74 Å². The molecule has 0 aromatic heterocycles. The molecule has 1 aliphatic heterocycles. The summed E-state index contributed by atoms with van der Waals surface area (Å²) in [5, 5.41) is 3.34. The number of likely N-dealkylation sites (N-methyl/N-ethyl adjacent to an activating group) is 1. The van der Waals surface area contributed by atoms with Crippen LogP contribution >= 0.6 is 0 Å². The summed E-state index contributed by atoms with van der Waals surface area (Å²) < 4.78 is 5.49. The Morgan fingerprint density at radius 2 is 2.08 bits per heavy atom. The first-order chi connectivity index (χ1) is 6.40. The molecule has 0 saturated carbocycles. The molecule has 2 unspecified atom stereocenters. The van der Waals surface area contributed by atoms with Crippen molar-refractivity contribution in [2.24, 2.45) is 11.8 Å². The fraction of sp³-hybridized carbons (Fsp3) is 0.818. The van der Waals surface area contributed by atoms with Crippen molar-refractivity contribution in [3.63, 3.8) is 0 Å². The lowest BCUT2D eigenvalue weighted by Crippen LogP contribution is -2.33. The average Bonchev–Trinajstić information content (AvgIpc) is 2.76. The monoisotopic (exact) mass is 181 g/mol. The number of ether oxygens (including phenoxy) is 1. The van der Waals surface area contributed by atoms with E-state index >= 15 is 0 Å². The number of hydrogen-bond donors (Lipinski definition) is 1. The highest BCUT2D eigenvalue weighted by Crippen LogP contribution is 2.29. The summed E-state index contributed by atoms with van der Waals surface area (Å²) in [4.78, 5) is 0. The van der Waals surface area contributed by atoms with Gasteiger partial charge in [-0.1, -0.05) is 12.2 Å². The fourth-order valence-electron chi connectivity index (χ4n) is 2.44. The molecule has 2 heteroatoms. The van der Waals surface area contributed by atoms with E-state index in [1.54, 1.807) is 0 Å². The molecule has 74 valence electrons. The van der Waals surface area contributed by atoms with Gasteiger partial charge in [0.15, 0.2) is 0 Å². The summed E-state index contributed by atoms with van der Waals surface area (Å²) in [7, 11) is 2.04. The second kappa shape index (κ2) is 4.25. The highest BCUT2D eigenvalue weighted by atomic mass is 16.5. The van der Waals surface area contributed by atoms with Crippen LogP contribution in [-0.2, 0) is 4.74 Å². The van der Waals surface area contributed by atoms with Gasteiger partial charge in [0.25, 0.3) is 0 Å². The van der Waals surface area contributed by atoms with Crippen LogP contribution in [0.1, 0.15) is 19.3 Å². The third-order valence-corrected chi connectivity index (χ3v) is 3.31. The maximum Gasteiger partial charge on any atom is 0.0623 e. The molecule has 0 amide bonds. The van der Waals surface area contributed by atoms with Gasteiger partial charge in [0.2, 0.25) is 0 Å². The smallest absolute Gasteiger partial charge is 0.0623 e. The van der Waals surface area contributed by atoms with Crippen molar-refractivity contribution >= 4 is 0 Å². The van der Waals surface area contributed by atoms with Crippen LogP contribution in [0.4, 0.5) is 0 Å². The first kappa shape index (κ1) is 9.22. The van der Waals surface area contributed by atoms with Gasteiger partial charge in [-0.05, 0) is 32.2 Å². The largest absolute Gasteiger partial charge is 0.379 e. The molecule has 0 bridgehead atoms. The minimum atomic E-state index is 0.598. The summed E-state index contributed by atoms with van der Waals surface area (Å²) in [6, 6.07) is 0.598. The zero-order valence-corrected chi connectivity index (χ0v) is 8.33. The normalized spacial score (nSPS) is 34.5. The van der Waals surface area contributed by atoms with Gasteiger partial charge in [0, 0.05) is 12.0 Å². The zero-order valence-electron chi connectivity index (χ0n) is 8.33. The van der Waals surface area contributed by atoms with Gasteiger partial charge in [-0.25, -0.2) is 0 Å². The molecule has 1 heterocycles. The molecular formula is C11H19NO. The predicted octanol–water partition coefficient (Wildman–Crippen LogP) is 1.58. The summed E-state index contributed by atoms with van der Waals surface area (Å²) in [6.07, 6.45) is 8.53. The lowest BCUT2D eigenvalue weighted by molar-refractivity contribution is 0.179. The number of rotatable bonds is 3. The van der Waals surface area contributed by atoms with Gasteiger partial charge < -0.3 is 10.1 Å². The molecule has 1 fully saturated rings. The van der Waals surface area contributed by atoms with E-state index in [0.717, 1.165) is 25.0 Å². The van der Waals surface area contributed by atoms with Gasteiger partial charge >= 0.3 is 0 Å². The summed E-state index contributed by atoms with van der Waals surface area (Å²) >= 11 is 0. The topological polar surface area (TPSA) is 21.3 Å². The zero-order chi connectivity index (χ0) is 9.10. The molecular weight excluding hydrogens is 162 g/mol. The standard InChI is InChI=1S/C11H19NO/c1-12-11-8-13-7-10(11)6-9-4-2-3-5-9/h2-3,9-12H,4-8H2,1H3. The van der Waals surface area contributed by atoms with Gasteiger partial charge in [-0.3, -0.25) is 0 Å². The Bertz CT molecular complexity index is 183. The fourth-order valence-corrected chi connectivity index (χ4v) is 2.44. The highest BCUT2D eigenvalue weighted by Gasteiger charge is 2.29. The Morgan fingerprint density at radius 1 is 1.31 bits per heavy atom. The van der Waals surface area contributed by atoms with Crippen LogP contribution in [-0.4, -0.2) is 26.3 Å². The summed E-state index contributed by atoms with van der Waals surface area (Å²) in [6.45, 7) is 1.86. The Balaban J connectivity index is 1.79. The van der Waals surface area contributed by atoms with E-state index in [1.165, 1.54) is 19.3 Å². The van der Waals surface area contributed by atoms with Crippen LogP contribution in [0, 0.1) is 11.8 Å². The van der Waals surface area contributed by atoms with E-state index in [2.05, 4.69) is 17.5 Å². The second-order valence-corrected chi connectivity index (χ2v) is 4.24. The van der Waals surface area contributed by atoms with E-state index in [4.69, 9.17) is 4.74 Å². The molecule has 0 radical (unpaired) electrons. The Hall–Kier alpha value is -0.340. The maximum absolute atomic E-state index is 5.49. The molecule has 1 N–H and O–H groups in total. The average molecular weight is 181 g/mol. The van der Waals surface area contributed by atoms with Crippen molar-refractivity contribution in [1.82, 2.24) is 5.32 Å². The van der Waals surface area contributed by atoms with Crippen molar-refractivity contribution in [2.75, 3.05) is 20.3 Å². The third-order valence-electron chi connectivity index (χ3n) is 3.31. The molecule has 2 rings (SSSR count). The number of nitrogens with one attached hydrogen (secondary N) is 1. The van der Waals surface area contributed by atoms with E-state index < -0.39 is 0 Å². The van der Waals surface area contributed by atoms with Gasteiger partial charge in [-0.15, -0.1) is 0 Å². The minimum absolute atomic E-state index is 0.598. The van der Waals surface area contributed by atoms with Crippen LogP contribution in [0.5, 0.6) is 0 Å². The first-order valence-electron chi connectivity index (χ1n) is 5.30. The molecule has 1 aliphatic carbocycles. The first-order valence-corrected chi connectivity index (χ1v) is 5.30. The Kier molecular flexibility index (Phi) is 3.01. The van der Waals surface area contributed by atoms with E-state index in [0.29, 0.717) is 6.04 Å². The molecule has 2 nitrogen and oxygen atoms in total. The Morgan fingerprint density at radius 3 is 2.77 bits per heavy atom. The lowest BCUT2D eigenvalue weighted by Gasteiger charge is -2.20. The highest BCUT2D eigenvalue weighted by molar-refractivity contribution is 4.96. The molecule has 2 aliphatic rings. The van der Waals surface area contributed by atoms with Gasteiger partial charge in [0.1, 0.15) is 0 Å². The molecule has 2 atom stereocenters. The quantitative estimate of drug-likeness (QED) is 0.667. The molecule has 0 aromatic carbocycles. The van der Waals surface area contributed by atoms with E-state index in [1.807, 2.05) is 7.05 Å². The van der Waals surface area contributed by atoms with Gasteiger partial charge in [-0.2, -0.15) is 0 Å². The van der Waals surface area contributed by atoms with Crippen LogP contribution in [0.3, 0.4) is 0 Å². The third kappa shape index (κ3) is 2.12. The van der Waals surface area contributed by atoms with Crippen molar-refractivity contribution in [1.29, 1.82) is 0 Å². The Labute approximate surface area is 80.4 Å². The summed E-state index contributed by atoms with van der Waals surface area (Å²) in [5.41, 5.74) is 0. The van der Waals surface area contributed by atoms with Crippen molar-refractivity contribution in [3.05, 3.63) is 12.2 Å². The maximum atomic E-state index is 5.49. The lowest BCUT2D eigenvalue weighted by atomic mass is 9.90. The van der Waals surface area contributed by atoms with Crippen molar-refractivity contribution in [2.45, 2.75) is 25.3 Å². The molecule has 0 spiro atoms. The second-order valence-electron chi connectivity index (χ2n) is 4.24. The van der Waals surface area contributed by atoms with Crippen LogP contribution < -0.4 is 5.32 Å². The number of allylic oxidation sites excluding steroid dienone is 2. The minimum Gasteiger partial charge on any atom is -0.379 e. The van der Waals surface area contributed by atoms with Crippen LogP contribution in [0.25, 0.3) is 0 Å². The van der Waals surface area contributed by atoms with Crippen molar-refractivity contribution in [3.8, 4) is 0 Å². The predicted molar refractivity (Wildman–Crippen MR) is 53.6 cm³/mol. The van der Waals surface area contributed by atoms with Gasteiger partial charge in [0.05, 0.1) is 13.2 Å². The molecule has 1 saturated heterocycles. The molecule has 0 aromatic rings. The van der Waals surface area contributed by atoms with E-state index in [9.17, 15) is 0 Å². The summed E-state index contributed by atoms with van der Waals surface area (Å²) in [5.74, 6) is 1.64. The SMILES string of the molecule is CNC1COCC1CC1CC=CC1. The number of hydrogen-bond acceptors (Lipinski definition) is 2. The van der Waals surface area contributed by atoms with Crippen LogP contribution in [0.2, 0.25) is 0 Å². The van der Waals surface area contributed by atoms with Crippen LogP contribution in [0.15, 0.2) is 12.2 Å².